The van der Waals surface area contributed by atoms with Crippen LogP contribution in [0.3, 0.4) is 0 Å². The molecule has 0 radical (unpaired) electrons. The van der Waals surface area contributed by atoms with E-state index in [9.17, 15) is 13.2 Å². The summed E-state index contributed by atoms with van der Waals surface area (Å²) in [4.78, 5) is 0. The first-order chi connectivity index (χ1) is 8.49. The maximum absolute atomic E-state index is 12.9. The molecule has 0 fully saturated rings. The minimum atomic E-state index is -4.41. The number of alkyl halides is 3. The van der Waals surface area contributed by atoms with Crippen molar-refractivity contribution in [3.05, 3.63) is 41.5 Å². The molecule has 5 heteroatoms. The van der Waals surface area contributed by atoms with Gasteiger partial charge in [-0.3, -0.25) is 0 Å². The first-order valence-corrected chi connectivity index (χ1v) is 5.57. The lowest BCUT2D eigenvalue weighted by Crippen LogP contribution is -2.11. The molecule has 0 saturated carbocycles. The number of hydrogen-bond donors (Lipinski definition) is 1. The Bertz CT molecular complexity index is 413. The van der Waals surface area contributed by atoms with E-state index in [1.54, 1.807) is 32.2 Å². The molecule has 0 spiro atoms. The van der Waals surface area contributed by atoms with Crippen LogP contribution < -0.4 is 10.1 Å². The second-order valence-corrected chi connectivity index (χ2v) is 3.74. The lowest BCUT2D eigenvalue weighted by molar-refractivity contribution is -0.138. The van der Waals surface area contributed by atoms with Crippen LogP contribution in [0.1, 0.15) is 18.1 Å². The summed E-state index contributed by atoms with van der Waals surface area (Å²) < 4.78 is 43.7. The molecule has 0 amide bonds. The van der Waals surface area contributed by atoms with E-state index in [1.807, 2.05) is 0 Å². The van der Waals surface area contributed by atoms with Gasteiger partial charge in [-0.15, -0.1) is 0 Å². The molecule has 0 bridgehead atoms. The molecular weight excluding hydrogens is 243 g/mol. The van der Waals surface area contributed by atoms with Crippen molar-refractivity contribution in [3.8, 4) is 5.75 Å². The summed E-state index contributed by atoms with van der Waals surface area (Å²) in [5, 5.41) is 2.82. The van der Waals surface area contributed by atoms with Gasteiger partial charge in [0.15, 0.2) is 0 Å². The topological polar surface area (TPSA) is 21.3 Å². The van der Waals surface area contributed by atoms with Gasteiger partial charge in [0.2, 0.25) is 0 Å². The summed E-state index contributed by atoms with van der Waals surface area (Å²) in [5.74, 6) is -0.138. The number of benzene rings is 1. The third-order valence-corrected chi connectivity index (χ3v) is 2.30. The van der Waals surface area contributed by atoms with E-state index in [-0.39, 0.29) is 12.4 Å². The van der Waals surface area contributed by atoms with Gasteiger partial charge < -0.3 is 10.1 Å². The number of hydrogen-bond acceptors (Lipinski definition) is 2. The molecule has 2 nitrogen and oxygen atoms in total. The molecule has 1 rings (SSSR count). The predicted molar refractivity (Wildman–Crippen MR) is 64.5 cm³/mol. The Kier molecular flexibility index (Phi) is 5.22. The average Bonchev–Trinajstić information content (AvgIpc) is 2.30. The first-order valence-electron chi connectivity index (χ1n) is 5.57. The molecule has 1 aromatic rings. The van der Waals surface area contributed by atoms with Crippen LogP contribution in [0.4, 0.5) is 13.2 Å². The molecule has 100 valence electrons. The van der Waals surface area contributed by atoms with Crippen molar-refractivity contribution in [2.24, 2.45) is 0 Å². The number of allylic oxidation sites excluding steroid dienone is 1. The SMILES string of the molecule is CC=CCOc1ccc(CNC)cc1C(F)(F)F. The molecule has 0 aliphatic heterocycles. The van der Waals surface area contributed by atoms with Crippen LogP contribution in [-0.4, -0.2) is 13.7 Å². The van der Waals surface area contributed by atoms with Gasteiger partial charge in [-0.1, -0.05) is 18.2 Å². The zero-order valence-electron chi connectivity index (χ0n) is 10.3. The zero-order chi connectivity index (χ0) is 13.6. The summed E-state index contributed by atoms with van der Waals surface area (Å²) in [7, 11) is 1.68. The van der Waals surface area contributed by atoms with Gasteiger partial charge in [0, 0.05) is 6.54 Å². The van der Waals surface area contributed by atoms with Crippen LogP contribution in [0.25, 0.3) is 0 Å². The highest BCUT2D eigenvalue weighted by Crippen LogP contribution is 2.36. The minimum Gasteiger partial charge on any atom is -0.489 e. The Hall–Kier alpha value is -1.49. The summed E-state index contributed by atoms with van der Waals surface area (Å²) in [6, 6.07) is 4.09. The molecule has 0 unspecified atom stereocenters. The normalized spacial score (nSPS) is 12.1. The summed E-state index contributed by atoms with van der Waals surface area (Å²) >= 11 is 0. The van der Waals surface area contributed by atoms with Crippen LogP contribution in [0, 0.1) is 0 Å². The fourth-order valence-corrected chi connectivity index (χ4v) is 1.47. The number of halogens is 3. The van der Waals surface area contributed by atoms with Crippen molar-refractivity contribution in [2.75, 3.05) is 13.7 Å². The quantitative estimate of drug-likeness (QED) is 0.818. The Morgan fingerprint density at radius 1 is 1.33 bits per heavy atom. The Morgan fingerprint density at radius 3 is 2.61 bits per heavy atom. The van der Waals surface area contributed by atoms with Crippen molar-refractivity contribution < 1.29 is 17.9 Å². The molecule has 1 N–H and O–H groups in total. The van der Waals surface area contributed by atoms with Crippen molar-refractivity contribution in [3.63, 3.8) is 0 Å². The predicted octanol–water partition coefficient (Wildman–Crippen LogP) is 3.38. The van der Waals surface area contributed by atoms with Crippen LogP contribution in [0.2, 0.25) is 0 Å². The van der Waals surface area contributed by atoms with E-state index in [2.05, 4.69) is 5.32 Å². The van der Waals surface area contributed by atoms with Gasteiger partial charge in [-0.05, 0) is 31.7 Å². The third-order valence-electron chi connectivity index (χ3n) is 2.30. The van der Waals surface area contributed by atoms with Gasteiger partial charge in [-0.25, -0.2) is 0 Å². The molecule has 0 saturated heterocycles. The van der Waals surface area contributed by atoms with Crippen molar-refractivity contribution in [2.45, 2.75) is 19.6 Å². The van der Waals surface area contributed by atoms with Crippen LogP contribution >= 0.6 is 0 Å². The first kappa shape index (κ1) is 14.6. The van der Waals surface area contributed by atoms with E-state index in [1.165, 1.54) is 6.07 Å². The molecule has 0 aliphatic rings. The number of nitrogens with one attached hydrogen (secondary N) is 1. The Balaban J connectivity index is 3.01. The highest BCUT2D eigenvalue weighted by Gasteiger charge is 2.34. The fraction of sp³-hybridized carbons (Fsp3) is 0.385. The summed E-state index contributed by atoms with van der Waals surface area (Å²) in [6.07, 6.45) is -1.03. The average molecular weight is 259 g/mol. The number of ether oxygens (including phenoxy) is 1. The number of rotatable bonds is 5. The zero-order valence-corrected chi connectivity index (χ0v) is 10.3. The summed E-state index contributed by atoms with van der Waals surface area (Å²) in [5.41, 5.74) is -0.164. The van der Waals surface area contributed by atoms with Gasteiger partial charge in [0.25, 0.3) is 0 Å². The third kappa shape index (κ3) is 4.07. The van der Waals surface area contributed by atoms with Gasteiger partial charge in [-0.2, -0.15) is 13.2 Å². The van der Waals surface area contributed by atoms with Crippen LogP contribution in [0.15, 0.2) is 30.4 Å². The second-order valence-electron chi connectivity index (χ2n) is 3.74. The van der Waals surface area contributed by atoms with E-state index in [0.717, 1.165) is 6.07 Å². The van der Waals surface area contributed by atoms with E-state index < -0.39 is 11.7 Å². The Morgan fingerprint density at radius 2 is 2.06 bits per heavy atom. The van der Waals surface area contributed by atoms with Gasteiger partial charge in [0.1, 0.15) is 12.4 Å². The fourth-order valence-electron chi connectivity index (χ4n) is 1.47. The van der Waals surface area contributed by atoms with Crippen LogP contribution in [-0.2, 0) is 12.7 Å². The maximum Gasteiger partial charge on any atom is 0.419 e. The monoisotopic (exact) mass is 259 g/mol. The van der Waals surface area contributed by atoms with Crippen molar-refractivity contribution >= 4 is 0 Å². The van der Waals surface area contributed by atoms with Gasteiger partial charge >= 0.3 is 6.18 Å². The highest BCUT2D eigenvalue weighted by atomic mass is 19.4. The molecule has 0 atom stereocenters. The maximum atomic E-state index is 12.9. The molecule has 0 aliphatic carbocycles. The standard InChI is InChI=1S/C13H16F3NO/c1-3-4-7-18-12-6-5-10(9-17-2)8-11(12)13(14,15)16/h3-6,8,17H,7,9H2,1-2H3. The van der Waals surface area contributed by atoms with E-state index >= 15 is 0 Å². The summed E-state index contributed by atoms with van der Waals surface area (Å²) in [6.45, 7) is 2.30. The Labute approximate surface area is 104 Å². The van der Waals surface area contributed by atoms with Crippen LogP contribution in [0.5, 0.6) is 5.75 Å². The van der Waals surface area contributed by atoms with Crippen molar-refractivity contribution in [1.82, 2.24) is 5.32 Å². The molecular formula is C13H16F3NO. The largest absolute Gasteiger partial charge is 0.489 e. The minimum absolute atomic E-state index is 0.130. The smallest absolute Gasteiger partial charge is 0.419 e. The van der Waals surface area contributed by atoms with E-state index in [0.29, 0.717) is 12.1 Å². The molecule has 1 aromatic carbocycles. The van der Waals surface area contributed by atoms with Crippen molar-refractivity contribution in [1.29, 1.82) is 0 Å². The lowest BCUT2D eigenvalue weighted by atomic mass is 10.1. The van der Waals surface area contributed by atoms with E-state index in [4.69, 9.17) is 4.74 Å². The molecule has 18 heavy (non-hydrogen) atoms. The molecule has 0 heterocycles. The van der Waals surface area contributed by atoms with Gasteiger partial charge in [0.05, 0.1) is 5.56 Å². The second kappa shape index (κ2) is 6.44. The highest BCUT2D eigenvalue weighted by molar-refractivity contribution is 5.39. The molecule has 0 aromatic heterocycles. The lowest BCUT2D eigenvalue weighted by Gasteiger charge is -2.14.